The fraction of sp³-hybridized carbons (Fsp3) is 0.250. The lowest BCUT2D eigenvalue weighted by Crippen LogP contribution is -2.30. The molecule has 0 bridgehead atoms. The summed E-state index contributed by atoms with van der Waals surface area (Å²) in [6.07, 6.45) is 1.65. The summed E-state index contributed by atoms with van der Waals surface area (Å²) in [6, 6.07) is 10.0. The summed E-state index contributed by atoms with van der Waals surface area (Å²) in [5, 5.41) is 9.54. The Morgan fingerprint density at radius 2 is 2.17 bits per heavy atom. The highest BCUT2D eigenvalue weighted by molar-refractivity contribution is 5.99. The molecule has 3 heterocycles. The minimum Gasteiger partial charge on any atom is -0.341 e. The number of nitrogens with zero attached hydrogens (tertiary/aromatic N) is 4. The Morgan fingerprint density at radius 3 is 2.90 bits per heavy atom. The predicted octanol–water partition coefficient (Wildman–Crippen LogP) is 2.46. The molecule has 29 heavy (non-hydrogen) atoms. The lowest BCUT2D eigenvalue weighted by Gasteiger charge is -2.18. The molecule has 0 unspecified atom stereocenters. The Bertz CT molecular complexity index is 1050. The quantitative estimate of drug-likeness (QED) is 0.690. The van der Waals surface area contributed by atoms with Gasteiger partial charge in [0, 0.05) is 30.5 Å². The number of carbonyl (C=O) groups excluding carboxylic acids is 2. The number of aromatic nitrogens is 3. The molecule has 0 saturated carbocycles. The smallest absolute Gasteiger partial charge is 0.322 e. The van der Waals surface area contributed by atoms with Crippen molar-refractivity contribution < 1.29 is 14.1 Å². The maximum atomic E-state index is 12.7. The molecule has 1 aliphatic heterocycles. The van der Waals surface area contributed by atoms with Crippen molar-refractivity contribution in [1.82, 2.24) is 25.8 Å². The van der Waals surface area contributed by atoms with Crippen LogP contribution >= 0.6 is 0 Å². The average Bonchev–Trinajstić information content (AvgIpc) is 3.38. The number of benzene rings is 1. The summed E-state index contributed by atoms with van der Waals surface area (Å²) in [6.45, 7) is 4.82. The molecule has 1 aromatic carbocycles. The number of nitrogens with one attached hydrogen (secondary N) is 2. The molecule has 2 N–H and O–H groups in total. The van der Waals surface area contributed by atoms with Crippen molar-refractivity contribution in [3.05, 3.63) is 59.6 Å². The summed E-state index contributed by atoms with van der Waals surface area (Å²) >= 11 is 0. The molecule has 0 spiro atoms. The van der Waals surface area contributed by atoms with Crippen molar-refractivity contribution in [1.29, 1.82) is 0 Å². The molecule has 0 radical (unpaired) electrons. The van der Waals surface area contributed by atoms with Crippen LogP contribution in [0.3, 0.4) is 0 Å². The lowest BCUT2D eigenvalue weighted by molar-refractivity contribution is 0.0932. The molecule has 9 heteroatoms. The summed E-state index contributed by atoms with van der Waals surface area (Å²) in [5.41, 5.74) is 2.67. The third kappa shape index (κ3) is 3.79. The van der Waals surface area contributed by atoms with Crippen molar-refractivity contribution in [3.8, 4) is 11.5 Å². The van der Waals surface area contributed by atoms with E-state index in [-0.39, 0.29) is 17.8 Å². The average molecular weight is 392 g/mol. The number of urea groups is 1. The standard InChI is InChI=1S/C20H20N6O3/c1-12-6-7-14(11-16(12)26-10-9-22-20(26)28)18(27)23-13(2)19-24-17(25-29-19)15-5-3-4-8-21-15/h3-8,11,13H,9-10H2,1-2H3,(H,22,28)(H,23,27)/t13-/m0/s1. The fourth-order valence-electron chi connectivity index (χ4n) is 3.09. The van der Waals surface area contributed by atoms with E-state index in [0.717, 1.165) is 11.3 Å². The highest BCUT2D eigenvalue weighted by Gasteiger charge is 2.24. The van der Waals surface area contributed by atoms with Gasteiger partial charge in [0.1, 0.15) is 11.7 Å². The largest absolute Gasteiger partial charge is 0.341 e. The third-order valence-electron chi connectivity index (χ3n) is 4.67. The Balaban J connectivity index is 1.49. The van der Waals surface area contributed by atoms with Crippen LogP contribution in [0.1, 0.15) is 34.8 Å². The van der Waals surface area contributed by atoms with Gasteiger partial charge >= 0.3 is 6.03 Å². The van der Waals surface area contributed by atoms with E-state index in [1.165, 1.54) is 0 Å². The van der Waals surface area contributed by atoms with E-state index in [9.17, 15) is 9.59 Å². The number of aryl methyl sites for hydroxylation is 1. The second-order valence-corrected chi connectivity index (χ2v) is 6.75. The Kier molecular flexibility index (Phi) is 4.94. The van der Waals surface area contributed by atoms with E-state index < -0.39 is 6.04 Å². The first-order valence-corrected chi connectivity index (χ1v) is 9.25. The van der Waals surface area contributed by atoms with E-state index in [0.29, 0.717) is 30.2 Å². The summed E-state index contributed by atoms with van der Waals surface area (Å²) in [5.74, 6) is 0.348. The van der Waals surface area contributed by atoms with Crippen LogP contribution in [0.4, 0.5) is 10.5 Å². The molecule has 1 fully saturated rings. The van der Waals surface area contributed by atoms with Gasteiger partial charge in [0.2, 0.25) is 11.7 Å². The Labute approximate surface area is 167 Å². The van der Waals surface area contributed by atoms with Crippen LogP contribution in [-0.4, -0.2) is 40.2 Å². The molecule has 1 atom stereocenters. The molecule has 1 aliphatic rings. The minimum atomic E-state index is -0.493. The number of hydrogen-bond donors (Lipinski definition) is 2. The van der Waals surface area contributed by atoms with Gasteiger partial charge in [-0.15, -0.1) is 0 Å². The first-order valence-electron chi connectivity index (χ1n) is 9.25. The van der Waals surface area contributed by atoms with Gasteiger partial charge in [0.25, 0.3) is 5.91 Å². The second kappa shape index (κ2) is 7.70. The number of anilines is 1. The topological polar surface area (TPSA) is 113 Å². The number of amides is 3. The first-order chi connectivity index (χ1) is 14.0. The molecule has 148 valence electrons. The molecule has 3 amide bonds. The fourth-order valence-corrected chi connectivity index (χ4v) is 3.09. The summed E-state index contributed by atoms with van der Waals surface area (Å²) < 4.78 is 5.28. The SMILES string of the molecule is Cc1ccc(C(=O)N[C@@H](C)c2nc(-c3ccccn3)no2)cc1N1CCNC1=O. The van der Waals surface area contributed by atoms with Gasteiger partial charge in [-0.1, -0.05) is 17.3 Å². The van der Waals surface area contributed by atoms with E-state index in [1.54, 1.807) is 42.3 Å². The van der Waals surface area contributed by atoms with Crippen molar-refractivity contribution in [2.24, 2.45) is 0 Å². The minimum absolute atomic E-state index is 0.160. The molecule has 1 saturated heterocycles. The normalized spacial score (nSPS) is 14.6. The van der Waals surface area contributed by atoms with Crippen molar-refractivity contribution in [2.75, 3.05) is 18.0 Å². The number of carbonyl (C=O) groups is 2. The molecule has 3 aromatic rings. The summed E-state index contributed by atoms with van der Waals surface area (Å²) in [7, 11) is 0. The van der Waals surface area contributed by atoms with E-state index in [1.807, 2.05) is 19.1 Å². The van der Waals surface area contributed by atoms with Gasteiger partial charge in [-0.05, 0) is 43.7 Å². The highest BCUT2D eigenvalue weighted by Crippen LogP contribution is 2.24. The van der Waals surface area contributed by atoms with Crippen LogP contribution in [0.2, 0.25) is 0 Å². The predicted molar refractivity (Wildman–Crippen MR) is 105 cm³/mol. The van der Waals surface area contributed by atoms with Gasteiger partial charge in [-0.2, -0.15) is 4.98 Å². The lowest BCUT2D eigenvalue weighted by atomic mass is 10.1. The van der Waals surface area contributed by atoms with Gasteiger partial charge in [-0.25, -0.2) is 4.79 Å². The van der Waals surface area contributed by atoms with Crippen LogP contribution in [-0.2, 0) is 0 Å². The monoisotopic (exact) mass is 392 g/mol. The molecule has 9 nitrogen and oxygen atoms in total. The Hall–Kier alpha value is -3.75. The van der Waals surface area contributed by atoms with Crippen LogP contribution < -0.4 is 15.5 Å². The maximum absolute atomic E-state index is 12.7. The van der Waals surface area contributed by atoms with Gasteiger partial charge in [0.05, 0.1) is 0 Å². The second-order valence-electron chi connectivity index (χ2n) is 6.75. The molecular formula is C20H20N6O3. The molecule has 0 aliphatic carbocycles. The highest BCUT2D eigenvalue weighted by atomic mass is 16.5. The molecular weight excluding hydrogens is 372 g/mol. The molecule has 4 rings (SSSR count). The zero-order valence-electron chi connectivity index (χ0n) is 16.0. The molecule has 2 aromatic heterocycles. The van der Waals surface area contributed by atoms with Crippen molar-refractivity contribution in [2.45, 2.75) is 19.9 Å². The van der Waals surface area contributed by atoms with E-state index in [4.69, 9.17) is 4.52 Å². The van der Waals surface area contributed by atoms with Gasteiger partial charge in [-0.3, -0.25) is 14.7 Å². The van der Waals surface area contributed by atoms with Gasteiger partial charge in [0.15, 0.2) is 0 Å². The van der Waals surface area contributed by atoms with Crippen LogP contribution in [0, 0.1) is 6.92 Å². The number of rotatable bonds is 5. The van der Waals surface area contributed by atoms with Crippen LogP contribution in [0.15, 0.2) is 47.1 Å². The summed E-state index contributed by atoms with van der Waals surface area (Å²) in [4.78, 5) is 34.8. The van der Waals surface area contributed by atoms with E-state index >= 15 is 0 Å². The van der Waals surface area contributed by atoms with Gasteiger partial charge < -0.3 is 15.2 Å². The number of hydrogen-bond acceptors (Lipinski definition) is 6. The maximum Gasteiger partial charge on any atom is 0.322 e. The van der Waals surface area contributed by atoms with Crippen molar-refractivity contribution >= 4 is 17.6 Å². The van der Waals surface area contributed by atoms with Crippen LogP contribution in [0.25, 0.3) is 11.5 Å². The first kappa shape index (κ1) is 18.6. The van der Waals surface area contributed by atoms with E-state index in [2.05, 4.69) is 25.8 Å². The Morgan fingerprint density at radius 1 is 1.31 bits per heavy atom. The van der Waals surface area contributed by atoms with Crippen LogP contribution in [0.5, 0.6) is 0 Å². The third-order valence-corrected chi connectivity index (χ3v) is 4.67. The number of pyridine rings is 1. The zero-order chi connectivity index (χ0) is 20.4. The van der Waals surface area contributed by atoms with Crippen molar-refractivity contribution in [3.63, 3.8) is 0 Å². The zero-order valence-corrected chi connectivity index (χ0v) is 16.0.